The van der Waals surface area contributed by atoms with Crippen LogP contribution in [0.5, 0.6) is 0 Å². The Balaban J connectivity index is 3.05. The van der Waals surface area contributed by atoms with Crippen LogP contribution in [0, 0.1) is 5.92 Å². The Bertz CT molecular complexity index is 351. The standard InChI is InChI=1S/C9H15N3O2S/c1-4(2)9(8(11)14)12-5(3)6(15-9)7(10)13/h4,12H,1-3H3,(H2,10,13)(H2,11,14). The molecule has 1 aliphatic heterocycles. The van der Waals surface area contributed by atoms with E-state index in [2.05, 4.69) is 5.32 Å². The lowest BCUT2D eigenvalue weighted by Crippen LogP contribution is -2.53. The Hall–Kier alpha value is -1.17. The van der Waals surface area contributed by atoms with Crippen LogP contribution in [-0.2, 0) is 9.59 Å². The lowest BCUT2D eigenvalue weighted by molar-refractivity contribution is -0.122. The van der Waals surface area contributed by atoms with Gasteiger partial charge in [0, 0.05) is 5.70 Å². The smallest absolute Gasteiger partial charge is 0.256 e. The molecule has 0 aromatic heterocycles. The van der Waals surface area contributed by atoms with Gasteiger partial charge < -0.3 is 16.8 Å². The summed E-state index contributed by atoms with van der Waals surface area (Å²) in [7, 11) is 0. The molecule has 1 heterocycles. The van der Waals surface area contributed by atoms with Crippen molar-refractivity contribution in [2.75, 3.05) is 0 Å². The summed E-state index contributed by atoms with van der Waals surface area (Å²) in [5.41, 5.74) is 11.2. The molecule has 0 saturated heterocycles. The molecule has 5 N–H and O–H groups in total. The van der Waals surface area contributed by atoms with Crippen molar-refractivity contribution in [2.45, 2.75) is 25.6 Å². The first-order valence-corrected chi connectivity index (χ1v) is 5.40. The van der Waals surface area contributed by atoms with E-state index in [1.165, 1.54) is 0 Å². The predicted octanol–water partition coefficient (Wildman–Crippen LogP) is -0.123. The van der Waals surface area contributed by atoms with Crippen molar-refractivity contribution < 1.29 is 9.59 Å². The third-order valence-electron chi connectivity index (χ3n) is 2.38. The first-order chi connectivity index (χ1) is 6.81. The van der Waals surface area contributed by atoms with Crippen molar-refractivity contribution >= 4 is 23.6 Å². The molecule has 0 aliphatic carbocycles. The van der Waals surface area contributed by atoms with Crippen LogP contribution in [0.1, 0.15) is 20.8 Å². The number of amides is 2. The highest BCUT2D eigenvalue weighted by Gasteiger charge is 2.47. The molecule has 1 aliphatic rings. The highest BCUT2D eigenvalue weighted by molar-refractivity contribution is 8.06. The largest absolute Gasteiger partial charge is 0.367 e. The Kier molecular flexibility index (Phi) is 2.99. The number of rotatable bonds is 3. The summed E-state index contributed by atoms with van der Waals surface area (Å²) < 4.78 is 0. The van der Waals surface area contributed by atoms with Gasteiger partial charge in [-0.3, -0.25) is 9.59 Å². The molecule has 5 nitrogen and oxygen atoms in total. The fourth-order valence-electron chi connectivity index (χ4n) is 1.49. The molecule has 1 atom stereocenters. The SMILES string of the molecule is CC1=C(C(N)=O)SC(C(N)=O)(C(C)C)N1. The Morgan fingerprint density at radius 1 is 1.40 bits per heavy atom. The van der Waals surface area contributed by atoms with Gasteiger partial charge in [-0.2, -0.15) is 0 Å². The minimum absolute atomic E-state index is 0.0354. The van der Waals surface area contributed by atoms with Gasteiger partial charge in [-0.1, -0.05) is 25.6 Å². The van der Waals surface area contributed by atoms with Crippen LogP contribution in [-0.4, -0.2) is 16.7 Å². The molecule has 0 saturated carbocycles. The van der Waals surface area contributed by atoms with Crippen molar-refractivity contribution in [1.82, 2.24) is 5.32 Å². The van der Waals surface area contributed by atoms with Crippen LogP contribution in [0.25, 0.3) is 0 Å². The molecule has 0 radical (unpaired) electrons. The van der Waals surface area contributed by atoms with Gasteiger partial charge in [0.1, 0.15) is 0 Å². The molecule has 0 aromatic rings. The summed E-state index contributed by atoms with van der Waals surface area (Å²) in [6.07, 6.45) is 0. The zero-order valence-electron chi connectivity index (χ0n) is 8.96. The molecule has 2 amide bonds. The number of thioether (sulfide) groups is 1. The van der Waals surface area contributed by atoms with E-state index in [1.807, 2.05) is 13.8 Å². The highest BCUT2D eigenvalue weighted by Crippen LogP contribution is 2.42. The number of allylic oxidation sites excluding steroid dienone is 1. The van der Waals surface area contributed by atoms with E-state index < -0.39 is 16.7 Å². The van der Waals surface area contributed by atoms with Gasteiger partial charge in [0.25, 0.3) is 11.8 Å². The van der Waals surface area contributed by atoms with Crippen LogP contribution >= 0.6 is 11.8 Å². The quantitative estimate of drug-likeness (QED) is 0.628. The first-order valence-electron chi connectivity index (χ1n) is 4.59. The third kappa shape index (κ3) is 1.81. The summed E-state index contributed by atoms with van der Waals surface area (Å²) in [5, 5.41) is 2.96. The molecule has 84 valence electrons. The van der Waals surface area contributed by atoms with Crippen LogP contribution in [0.3, 0.4) is 0 Å². The topological polar surface area (TPSA) is 98.2 Å². The molecular formula is C9H15N3O2S. The fraction of sp³-hybridized carbons (Fsp3) is 0.556. The van der Waals surface area contributed by atoms with E-state index in [0.717, 1.165) is 11.8 Å². The molecule has 0 aromatic carbocycles. The van der Waals surface area contributed by atoms with E-state index in [1.54, 1.807) is 6.92 Å². The van der Waals surface area contributed by atoms with Crippen LogP contribution in [0.15, 0.2) is 10.6 Å². The first kappa shape index (κ1) is 11.9. The summed E-state index contributed by atoms with van der Waals surface area (Å²) in [5.74, 6) is -1.06. The Morgan fingerprint density at radius 2 is 1.93 bits per heavy atom. The second-order valence-corrected chi connectivity index (χ2v) is 5.06. The zero-order valence-corrected chi connectivity index (χ0v) is 9.77. The van der Waals surface area contributed by atoms with Crippen LogP contribution in [0.4, 0.5) is 0 Å². The number of carbonyl (C=O) groups is 2. The number of hydrogen-bond donors (Lipinski definition) is 3. The van der Waals surface area contributed by atoms with Crippen molar-refractivity contribution in [3.63, 3.8) is 0 Å². The van der Waals surface area contributed by atoms with Crippen molar-refractivity contribution in [3.05, 3.63) is 10.6 Å². The minimum Gasteiger partial charge on any atom is -0.367 e. The van der Waals surface area contributed by atoms with Crippen LogP contribution < -0.4 is 16.8 Å². The molecule has 1 rings (SSSR count). The van der Waals surface area contributed by atoms with Crippen molar-refractivity contribution in [2.24, 2.45) is 17.4 Å². The number of hydrogen-bond acceptors (Lipinski definition) is 4. The summed E-state index contributed by atoms with van der Waals surface area (Å²) >= 11 is 1.11. The summed E-state index contributed by atoms with van der Waals surface area (Å²) in [6.45, 7) is 5.43. The molecule has 15 heavy (non-hydrogen) atoms. The number of nitrogens with one attached hydrogen (secondary N) is 1. The van der Waals surface area contributed by atoms with E-state index in [9.17, 15) is 9.59 Å². The summed E-state index contributed by atoms with van der Waals surface area (Å²) in [4.78, 5) is 22.0. The minimum atomic E-state index is -0.950. The Labute approximate surface area is 92.6 Å². The lowest BCUT2D eigenvalue weighted by Gasteiger charge is -2.30. The maximum atomic E-state index is 11.4. The van der Waals surface area contributed by atoms with Crippen LogP contribution in [0.2, 0.25) is 0 Å². The monoisotopic (exact) mass is 229 g/mol. The molecule has 0 fully saturated rings. The van der Waals surface area contributed by atoms with Crippen molar-refractivity contribution in [1.29, 1.82) is 0 Å². The molecule has 0 bridgehead atoms. The van der Waals surface area contributed by atoms with Gasteiger partial charge in [-0.05, 0) is 12.8 Å². The van der Waals surface area contributed by atoms with E-state index in [0.29, 0.717) is 10.6 Å². The van der Waals surface area contributed by atoms with Gasteiger partial charge in [-0.15, -0.1) is 0 Å². The van der Waals surface area contributed by atoms with Gasteiger partial charge in [0.2, 0.25) is 0 Å². The maximum absolute atomic E-state index is 11.4. The maximum Gasteiger partial charge on any atom is 0.256 e. The average Bonchev–Trinajstić information content (AvgIpc) is 2.44. The third-order valence-corrected chi connectivity index (χ3v) is 4.19. The van der Waals surface area contributed by atoms with Crippen molar-refractivity contribution in [3.8, 4) is 0 Å². The molecule has 6 heteroatoms. The predicted molar refractivity (Wildman–Crippen MR) is 59.4 cm³/mol. The highest BCUT2D eigenvalue weighted by atomic mass is 32.2. The van der Waals surface area contributed by atoms with E-state index in [-0.39, 0.29) is 5.92 Å². The second kappa shape index (κ2) is 3.77. The Morgan fingerprint density at radius 3 is 2.13 bits per heavy atom. The normalized spacial score (nSPS) is 25.6. The second-order valence-electron chi connectivity index (χ2n) is 3.80. The molecule has 1 unspecified atom stereocenters. The van der Waals surface area contributed by atoms with Gasteiger partial charge in [0.15, 0.2) is 4.87 Å². The molecular weight excluding hydrogens is 214 g/mol. The van der Waals surface area contributed by atoms with Gasteiger partial charge in [-0.25, -0.2) is 0 Å². The number of carbonyl (C=O) groups excluding carboxylic acids is 2. The number of nitrogens with two attached hydrogens (primary N) is 2. The summed E-state index contributed by atoms with van der Waals surface area (Å²) in [6, 6.07) is 0. The van der Waals surface area contributed by atoms with Gasteiger partial charge >= 0.3 is 0 Å². The zero-order chi connectivity index (χ0) is 11.8. The fourth-order valence-corrected chi connectivity index (χ4v) is 2.66. The lowest BCUT2D eigenvalue weighted by atomic mass is 10.0. The average molecular weight is 229 g/mol. The van der Waals surface area contributed by atoms with E-state index in [4.69, 9.17) is 11.5 Å². The molecule has 0 spiro atoms. The van der Waals surface area contributed by atoms with E-state index >= 15 is 0 Å². The number of primary amides is 2. The van der Waals surface area contributed by atoms with Gasteiger partial charge in [0.05, 0.1) is 4.91 Å².